The molecule has 2 amide bonds. The molecule has 2 aromatic rings. The molecule has 0 aliphatic rings. The number of nitrogens with one attached hydrogen (secondary N) is 2. The fourth-order valence-electron chi connectivity index (χ4n) is 2.22. The van der Waals surface area contributed by atoms with Crippen molar-refractivity contribution in [2.75, 3.05) is 11.9 Å². The molecule has 0 fully saturated rings. The minimum atomic E-state index is -0.240. The molecule has 1 heterocycles. The lowest BCUT2D eigenvalue weighted by molar-refractivity contribution is 0.252. The molecule has 5 nitrogen and oxygen atoms in total. The van der Waals surface area contributed by atoms with Crippen LogP contribution in [0.2, 0.25) is 0 Å². The van der Waals surface area contributed by atoms with E-state index >= 15 is 0 Å². The number of nitrogens with zero attached hydrogens (tertiary/aromatic N) is 2. The molecule has 23 heavy (non-hydrogen) atoms. The van der Waals surface area contributed by atoms with Crippen LogP contribution in [0.5, 0.6) is 0 Å². The largest absolute Gasteiger partial charge is 0.338 e. The van der Waals surface area contributed by atoms with Gasteiger partial charge in [0.1, 0.15) is 5.01 Å². The second kappa shape index (κ2) is 8.06. The Morgan fingerprint density at radius 1 is 1.17 bits per heavy atom. The molecule has 0 radical (unpaired) electrons. The average Bonchev–Trinajstić information content (AvgIpc) is 3.02. The van der Waals surface area contributed by atoms with E-state index in [2.05, 4.69) is 53.7 Å². The maximum Gasteiger partial charge on any atom is 0.321 e. The van der Waals surface area contributed by atoms with Gasteiger partial charge in [-0.2, -0.15) is 0 Å². The van der Waals surface area contributed by atoms with Gasteiger partial charge >= 0.3 is 6.03 Å². The Hall–Kier alpha value is -1.95. The van der Waals surface area contributed by atoms with Gasteiger partial charge in [-0.25, -0.2) is 4.79 Å². The van der Waals surface area contributed by atoms with Gasteiger partial charge in [0.15, 0.2) is 0 Å². The van der Waals surface area contributed by atoms with Crippen molar-refractivity contribution in [1.82, 2.24) is 15.5 Å². The number of unbranched alkanes of at least 4 members (excludes halogenated alkanes) is 2. The van der Waals surface area contributed by atoms with E-state index in [0.717, 1.165) is 24.3 Å². The second-order valence-corrected chi connectivity index (χ2v) is 6.97. The summed E-state index contributed by atoms with van der Waals surface area (Å²) >= 11 is 1.41. The van der Waals surface area contributed by atoms with Crippen molar-refractivity contribution >= 4 is 22.5 Å². The number of rotatable bonds is 7. The highest BCUT2D eigenvalue weighted by Gasteiger charge is 2.27. The van der Waals surface area contributed by atoms with Crippen LogP contribution in [-0.2, 0) is 5.41 Å². The zero-order chi connectivity index (χ0) is 16.7. The molecule has 2 rings (SSSR count). The Morgan fingerprint density at radius 3 is 2.61 bits per heavy atom. The van der Waals surface area contributed by atoms with Crippen LogP contribution in [0.15, 0.2) is 30.3 Å². The topological polar surface area (TPSA) is 66.9 Å². The van der Waals surface area contributed by atoms with E-state index in [4.69, 9.17) is 0 Å². The number of aromatic nitrogens is 2. The van der Waals surface area contributed by atoms with Gasteiger partial charge < -0.3 is 5.32 Å². The molecule has 0 aliphatic carbocycles. The third kappa shape index (κ3) is 4.76. The molecule has 2 N–H and O–H groups in total. The average molecular weight is 332 g/mol. The summed E-state index contributed by atoms with van der Waals surface area (Å²) in [6.45, 7) is 7.03. The molecular weight excluding hydrogens is 308 g/mol. The molecule has 6 heteroatoms. The first-order valence-electron chi connectivity index (χ1n) is 7.98. The third-order valence-corrected chi connectivity index (χ3v) is 4.90. The fourth-order valence-corrected chi connectivity index (χ4v) is 3.09. The molecule has 0 bridgehead atoms. The van der Waals surface area contributed by atoms with E-state index in [1.807, 2.05) is 18.2 Å². The number of carbonyl (C=O) groups excluding carboxylic acids is 1. The van der Waals surface area contributed by atoms with Gasteiger partial charge in [0.05, 0.1) is 0 Å². The Kier molecular flexibility index (Phi) is 6.10. The van der Waals surface area contributed by atoms with Gasteiger partial charge in [-0.3, -0.25) is 5.32 Å². The van der Waals surface area contributed by atoms with E-state index in [0.29, 0.717) is 11.7 Å². The number of benzene rings is 1. The summed E-state index contributed by atoms with van der Waals surface area (Å²) in [5.74, 6) is 0. The van der Waals surface area contributed by atoms with E-state index in [-0.39, 0.29) is 11.4 Å². The van der Waals surface area contributed by atoms with Gasteiger partial charge in [0.25, 0.3) is 0 Å². The van der Waals surface area contributed by atoms with Gasteiger partial charge in [0.2, 0.25) is 5.13 Å². The number of hydrogen-bond donors (Lipinski definition) is 2. The summed E-state index contributed by atoms with van der Waals surface area (Å²) < 4.78 is 0. The van der Waals surface area contributed by atoms with Gasteiger partial charge in [0, 0.05) is 12.0 Å². The third-order valence-electron chi connectivity index (χ3n) is 3.74. The standard InChI is InChI=1S/C17H24N4OS/c1-4-5-9-12-18-15(22)19-16-21-20-14(23-16)17(2,3)13-10-7-6-8-11-13/h6-8,10-11H,4-5,9,12H2,1-3H3,(H2,18,19,21,22). The maximum atomic E-state index is 11.8. The van der Waals surface area contributed by atoms with Gasteiger partial charge in [-0.15, -0.1) is 10.2 Å². The van der Waals surface area contributed by atoms with Crippen LogP contribution in [0, 0.1) is 0 Å². The lowest BCUT2D eigenvalue weighted by Crippen LogP contribution is -2.29. The number of carbonyl (C=O) groups is 1. The van der Waals surface area contributed by atoms with Crippen LogP contribution >= 0.6 is 11.3 Å². The SMILES string of the molecule is CCCCCNC(=O)Nc1nnc(C(C)(C)c2ccccc2)s1. The zero-order valence-corrected chi connectivity index (χ0v) is 14.7. The molecule has 0 aliphatic heterocycles. The lowest BCUT2D eigenvalue weighted by atomic mass is 9.85. The van der Waals surface area contributed by atoms with Crippen molar-refractivity contribution in [3.63, 3.8) is 0 Å². The molecule has 1 aromatic carbocycles. The van der Waals surface area contributed by atoms with Crippen molar-refractivity contribution in [3.8, 4) is 0 Å². The first-order chi connectivity index (χ1) is 11.0. The van der Waals surface area contributed by atoms with Gasteiger partial charge in [-0.1, -0.05) is 61.4 Å². The number of urea groups is 1. The Bertz CT molecular complexity index is 625. The molecule has 0 atom stereocenters. The predicted molar refractivity (Wildman–Crippen MR) is 95.0 cm³/mol. The summed E-state index contributed by atoms with van der Waals surface area (Å²) in [6.07, 6.45) is 3.25. The molecule has 0 saturated heterocycles. The molecule has 0 unspecified atom stereocenters. The normalized spacial score (nSPS) is 11.3. The fraction of sp³-hybridized carbons (Fsp3) is 0.471. The summed E-state index contributed by atoms with van der Waals surface area (Å²) in [5, 5.41) is 15.3. The predicted octanol–water partition coefficient (Wildman–Crippen LogP) is 4.18. The first kappa shape index (κ1) is 17.4. The smallest absolute Gasteiger partial charge is 0.321 e. The highest BCUT2D eigenvalue weighted by atomic mass is 32.1. The Labute approximate surface area is 141 Å². The van der Waals surface area contributed by atoms with Crippen molar-refractivity contribution in [2.24, 2.45) is 0 Å². The summed E-state index contributed by atoms with van der Waals surface area (Å²) in [7, 11) is 0. The Balaban J connectivity index is 1.96. The first-order valence-corrected chi connectivity index (χ1v) is 8.80. The summed E-state index contributed by atoms with van der Waals surface area (Å²) in [5.41, 5.74) is 0.933. The number of hydrogen-bond acceptors (Lipinski definition) is 4. The molecule has 0 spiro atoms. The minimum absolute atomic E-state index is 0.221. The maximum absolute atomic E-state index is 11.8. The van der Waals surface area contributed by atoms with Crippen molar-refractivity contribution in [1.29, 1.82) is 0 Å². The van der Waals surface area contributed by atoms with E-state index in [9.17, 15) is 4.79 Å². The number of anilines is 1. The monoisotopic (exact) mass is 332 g/mol. The van der Waals surface area contributed by atoms with Crippen LogP contribution in [0.3, 0.4) is 0 Å². The highest BCUT2D eigenvalue weighted by molar-refractivity contribution is 7.15. The van der Waals surface area contributed by atoms with Crippen LogP contribution in [0.1, 0.15) is 50.6 Å². The minimum Gasteiger partial charge on any atom is -0.338 e. The van der Waals surface area contributed by atoms with Crippen LogP contribution in [0.25, 0.3) is 0 Å². The van der Waals surface area contributed by atoms with Crippen LogP contribution in [0.4, 0.5) is 9.93 Å². The molecule has 0 saturated carbocycles. The van der Waals surface area contributed by atoms with E-state index < -0.39 is 0 Å². The Morgan fingerprint density at radius 2 is 1.91 bits per heavy atom. The van der Waals surface area contributed by atoms with Gasteiger partial charge in [-0.05, 0) is 25.8 Å². The van der Waals surface area contributed by atoms with Crippen molar-refractivity contribution in [3.05, 3.63) is 40.9 Å². The zero-order valence-electron chi connectivity index (χ0n) is 13.9. The second-order valence-electron chi connectivity index (χ2n) is 5.99. The summed E-state index contributed by atoms with van der Waals surface area (Å²) in [6, 6.07) is 9.96. The number of amides is 2. The molecule has 124 valence electrons. The van der Waals surface area contributed by atoms with Crippen LogP contribution < -0.4 is 10.6 Å². The van der Waals surface area contributed by atoms with Crippen LogP contribution in [-0.4, -0.2) is 22.8 Å². The quantitative estimate of drug-likeness (QED) is 0.748. The molecule has 1 aromatic heterocycles. The summed E-state index contributed by atoms with van der Waals surface area (Å²) in [4.78, 5) is 11.8. The van der Waals surface area contributed by atoms with Crippen molar-refractivity contribution < 1.29 is 4.79 Å². The lowest BCUT2D eigenvalue weighted by Gasteiger charge is -2.21. The highest BCUT2D eigenvalue weighted by Crippen LogP contribution is 2.34. The van der Waals surface area contributed by atoms with Crippen molar-refractivity contribution in [2.45, 2.75) is 45.4 Å². The molecular formula is C17H24N4OS. The van der Waals surface area contributed by atoms with E-state index in [1.165, 1.54) is 16.9 Å². The van der Waals surface area contributed by atoms with E-state index in [1.54, 1.807) is 0 Å².